The Morgan fingerprint density at radius 1 is 1.00 bits per heavy atom. The number of hydrogen-bond donors (Lipinski definition) is 0. The Hall–Kier alpha value is -2.54. The molecule has 0 spiro atoms. The van der Waals surface area contributed by atoms with Gasteiger partial charge in [-0.1, -0.05) is 23.9 Å². The van der Waals surface area contributed by atoms with Gasteiger partial charge in [0.05, 0.1) is 14.2 Å². The predicted molar refractivity (Wildman–Crippen MR) is 100 cm³/mol. The van der Waals surface area contributed by atoms with Crippen LogP contribution in [0.3, 0.4) is 0 Å². The fourth-order valence-electron chi connectivity index (χ4n) is 2.60. The van der Waals surface area contributed by atoms with E-state index in [0.717, 1.165) is 28.7 Å². The summed E-state index contributed by atoms with van der Waals surface area (Å²) < 4.78 is 25.7. The van der Waals surface area contributed by atoms with Gasteiger partial charge in [0, 0.05) is 17.9 Å². The molecule has 1 aromatic heterocycles. The Labute approximate surface area is 156 Å². The minimum Gasteiger partial charge on any atom is -0.493 e. The first-order valence-electron chi connectivity index (χ1n) is 8.19. The molecular formula is C19H20FN3O2S. The number of thioether (sulfide) groups is 1. The van der Waals surface area contributed by atoms with Crippen molar-refractivity contribution >= 4 is 11.8 Å². The van der Waals surface area contributed by atoms with Crippen LogP contribution >= 0.6 is 11.8 Å². The minimum atomic E-state index is -0.230. The maximum atomic E-state index is 13.0. The molecular weight excluding hydrogens is 353 g/mol. The molecule has 136 valence electrons. The van der Waals surface area contributed by atoms with Crippen molar-refractivity contribution in [2.75, 3.05) is 14.2 Å². The zero-order valence-electron chi connectivity index (χ0n) is 14.9. The number of benzene rings is 2. The molecule has 0 atom stereocenters. The van der Waals surface area contributed by atoms with Crippen LogP contribution in [0.2, 0.25) is 0 Å². The zero-order chi connectivity index (χ0) is 18.5. The smallest absolute Gasteiger partial charge is 0.191 e. The van der Waals surface area contributed by atoms with Crippen LogP contribution in [0.5, 0.6) is 11.5 Å². The van der Waals surface area contributed by atoms with Crippen LogP contribution in [0.1, 0.15) is 12.5 Å². The summed E-state index contributed by atoms with van der Waals surface area (Å²) in [6.45, 7) is 2.79. The van der Waals surface area contributed by atoms with Crippen molar-refractivity contribution in [2.45, 2.75) is 24.4 Å². The number of ether oxygens (including phenoxy) is 2. The Morgan fingerprint density at radius 2 is 1.73 bits per heavy atom. The second-order valence-corrected chi connectivity index (χ2v) is 6.48. The SMILES string of the molecule is CCn1c(SCc2ccc(F)cc2)nnc1-c1ccc(OC)c(OC)c1. The van der Waals surface area contributed by atoms with E-state index in [0.29, 0.717) is 17.3 Å². The van der Waals surface area contributed by atoms with Gasteiger partial charge in [0.25, 0.3) is 0 Å². The van der Waals surface area contributed by atoms with Crippen molar-refractivity contribution in [3.05, 3.63) is 53.8 Å². The maximum Gasteiger partial charge on any atom is 0.191 e. The van der Waals surface area contributed by atoms with Crippen LogP contribution in [0.15, 0.2) is 47.6 Å². The number of rotatable bonds is 7. The first kappa shape index (κ1) is 18.3. The Morgan fingerprint density at radius 3 is 2.38 bits per heavy atom. The van der Waals surface area contributed by atoms with E-state index in [1.165, 1.54) is 12.1 Å². The van der Waals surface area contributed by atoms with Gasteiger partial charge >= 0.3 is 0 Å². The van der Waals surface area contributed by atoms with Crippen molar-refractivity contribution in [1.29, 1.82) is 0 Å². The standard InChI is InChI=1S/C19H20FN3O2S/c1-4-23-18(14-7-10-16(24-2)17(11-14)25-3)21-22-19(23)26-12-13-5-8-15(20)9-6-13/h5-11H,4,12H2,1-3H3. The number of hydrogen-bond acceptors (Lipinski definition) is 5. The fourth-order valence-corrected chi connectivity index (χ4v) is 3.56. The van der Waals surface area contributed by atoms with E-state index in [1.807, 2.05) is 18.2 Å². The van der Waals surface area contributed by atoms with E-state index >= 15 is 0 Å². The highest BCUT2D eigenvalue weighted by molar-refractivity contribution is 7.98. The van der Waals surface area contributed by atoms with E-state index in [-0.39, 0.29) is 5.82 Å². The van der Waals surface area contributed by atoms with Gasteiger partial charge in [0.2, 0.25) is 0 Å². The summed E-state index contributed by atoms with van der Waals surface area (Å²) in [5, 5.41) is 9.50. The molecule has 5 nitrogen and oxygen atoms in total. The third-order valence-electron chi connectivity index (χ3n) is 3.96. The van der Waals surface area contributed by atoms with E-state index in [1.54, 1.807) is 38.1 Å². The normalized spacial score (nSPS) is 10.8. The molecule has 0 aliphatic heterocycles. The lowest BCUT2D eigenvalue weighted by Crippen LogP contribution is -2.00. The second-order valence-electron chi connectivity index (χ2n) is 5.54. The van der Waals surface area contributed by atoms with E-state index in [2.05, 4.69) is 21.7 Å². The molecule has 0 saturated carbocycles. The highest BCUT2D eigenvalue weighted by Crippen LogP contribution is 2.33. The molecule has 0 amide bonds. The average molecular weight is 373 g/mol. The summed E-state index contributed by atoms with van der Waals surface area (Å²) in [4.78, 5) is 0. The van der Waals surface area contributed by atoms with Crippen LogP contribution in [0.25, 0.3) is 11.4 Å². The number of nitrogens with zero attached hydrogens (tertiary/aromatic N) is 3. The molecule has 26 heavy (non-hydrogen) atoms. The molecule has 0 aliphatic carbocycles. The van der Waals surface area contributed by atoms with Gasteiger partial charge in [-0.2, -0.15) is 0 Å². The highest BCUT2D eigenvalue weighted by atomic mass is 32.2. The van der Waals surface area contributed by atoms with E-state index in [4.69, 9.17) is 9.47 Å². The molecule has 0 bridgehead atoms. The third-order valence-corrected chi connectivity index (χ3v) is 4.99. The zero-order valence-corrected chi connectivity index (χ0v) is 15.7. The lowest BCUT2D eigenvalue weighted by atomic mass is 10.2. The number of methoxy groups -OCH3 is 2. The van der Waals surface area contributed by atoms with Gasteiger partial charge in [-0.05, 0) is 42.8 Å². The third kappa shape index (κ3) is 3.83. The van der Waals surface area contributed by atoms with Gasteiger partial charge in [0.15, 0.2) is 22.5 Å². The molecule has 3 rings (SSSR count). The Bertz CT molecular complexity index is 881. The maximum absolute atomic E-state index is 13.0. The summed E-state index contributed by atoms with van der Waals surface area (Å²) in [6, 6.07) is 12.2. The summed E-state index contributed by atoms with van der Waals surface area (Å²) in [6.07, 6.45) is 0. The molecule has 0 unspecified atom stereocenters. The summed E-state index contributed by atoms with van der Waals surface area (Å²) >= 11 is 1.57. The van der Waals surface area contributed by atoms with Gasteiger partial charge < -0.3 is 14.0 Å². The van der Waals surface area contributed by atoms with Gasteiger partial charge in [-0.3, -0.25) is 0 Å². The lowest BCUT2D eigenvalue weighted by Gasteiger charge is -2.11. The molecule has 0 aliphatic rings. The molecule has 1 heterocycles. The largest absolute Gasteiger partial charge is 0.493 e. The topological polar surface area (TPSA) is 49.2 Å². The average Bonchev–Trinajstić information content (AvgIpc) is 3.09. The first-order chi connectivity index (χ1) is 12.7. The Balaban J connectivity index is 1.85. The summed E-state index contributed by atoms with van der Waals surface area (Å²) in [7, 11) is 3.21. The van der Waals surface area contributed by atoms with Crippen molar-refractivity contribution < 1.29 is 13.9 Å². The van der Waals surface area contributed by atoms with Crippen LogP contribution < -0.4 is 9.47 Å². The van der Waals surface area contributed by atoms with Crippen molar-refractivity contribution in [2.24, 2.45) is 0 Å². The van der Waals surface area contributed by atoms with Crippen LogP contribution in [0, 0.1) is 5.82 Å². The summed E-state index contributed by atoms with van der Waals surface area (Å²) in [5.41, 5.74) is 1.94. The van der Waals surface area contributed by atoms with Crippen molar-refractivity contribution in [1.82, 2.24) is 14.8 Å². The molecule has 7 heteroatoms. The van der Waals surface area contributed by atoms with Crippen LogP contribution in [0.4, 0.5) is 4.39 Å². The van der Waals surface area contributed by atoms with E-state index < -0.39 is 0 Å². The molecule has 0 radical (unpaired) electrons. The monoisotopic (exact) mass is 373 g/mol. The molecule has 3 aromatic rings. The van der Waals surface area contributed by atoms with Crippen molar-refractivity contribution in [3.63, 3.8) is 0 Å². The highest BCUT2D eigenvalue weighted by Gasteiger charge is 2.15. The van der Waals surface area contributed by atoms with Crippen molar-refractivity contribution in [3.8, 4) is 22.9 Å². The molecule has 0 saturated heterocycles. The quantitative estimate of drug-likeness (QED) is 0.574. The lowest BCUT2D eigenvalue weighted by molar-refractivity contribution is 0.355. The van der Waals surface area contributed by atoms with Gasteiger partial charge in [-0.15, -0.1) is 10.2 Å². The second kappa shape index (κ2) is 8.23. The fraction of sp³-hybridized carbons (Fsp3) is 0.263. The van der Waals surface area contributed by atoms with Gasteiger partial charge in [0.1, 0.15) is 5.82 Å². The first-order valence-corrected chi connectivity index (χ1v) is 9.17. The molecule has 0 fully saturated rings. The number of aromatic nitrogens is 3. The Kier molecular flexibility index (Phi) is 5.78. The van der Waals surface area contributed by atoms with E-state index in [9.17, 15) is 4.39 Å². The molecule has 0 N–H and O–H groups in total. The van der Waals surface area contributed by atoms with Crippen LogP contribution in [-0.4, -0.2) is 29.0 Å². The predicted octanol–water partition coefficient (Wildman–Crippen LogP) is 4.41. The molecule has 2 aromatic carbocycles. The number of halogens is 1. The van der Waals surface area contributed by atoms with Gasteiger partial charge in [-0.25, -0.2) is 4.39 Å². The summed E-state index contributed by atoms with van der Waals surface area (Å²) in [5.74, 6) is 2.56. The van der Waals surface area contributed by atoms with Crippen LogP contribution in [-0.2, 0) is 12.3 Å². The minimum absolute atomic E-state index is 0.230.